The highest BCUT2D eigenvalue weighted by Crippen LogP contribution is 2.35. The van der Waals surface area contributed by atoms with Crippen molar-refractivity contribution in [2.45, 2.75) is 19.8 Å². The lowest BCUT2D eigenvalue weighted by Gasteiger charge is -2.16. The van der Waals surface area contributed by atoms with Crippen LogP contribution in [0.5, 0.6) is 0 Å². The van der Waals surface area contributed by atoms with Crippen LogP contribution < -0.4 is 0 Å². The van der Waals surface area contributed by atoms with Gasteiger partial charge in [0, 0.05) is 5.39 Å². The maximum atomic E-state index is 6.20. The molecule has 0 aliphatic heterocycles. The Morgan fingerprint density at radius 3 is 1.75 bits per heavy atom. The standard InChI is InChI=1S/C23H20O/c1-16-7-11-18(12-8-16)23(19-13-9-17(2)10-14-19)22-15-20-5-3-4-6-21(20)24-22/h3-15,23H,1-2H3. The molecule has 1 nitrogen and oxygen atoms in total. The van der Waals surface area contributed by atoms with Crippen LogP contribution in [0, 0.1) is 13.8 Å². The van der Waals surface area contributed by atoms with E-state index in [9.17, 15) is 0 Å². The highest BCUT2D eigenvalue weighted by molar-refractivity contribution is 5.78. The van der Waals surface area contributed by atoms with Crippen LogP contribution in [0.15, 0.2) is 83.3 Å². The molecule has 0 atom stereocenters. The van der Waals surface area contributed by atoms with Crippen molar-refractivity contribution in [1.82, 2.24) is 0 Å². The maximum absolute atomic E-state index is 6.20. The number of hydrogen-bond donors (Lipinski definition) is 0. The molecule has 0 aliphatic carbocycles. The zero-order valence-corrected chi connectivity index (χ0v) is 14.0. The zero-order valence-electron chi connectivity index (χ0n) is 14.0. The van der Waals surface area contributed by atoms with Gasteiger partial charge in [0.1, 0.15) is 11.3 Å². The van der Waals surface area contributed by atoms with Gasteiger partial charge in [-0.25, -0.2) is 0 Å². The van der Waals surface area contributed by atoms with Crippen LogP contribution in [-0.4, -0.2) is 0 Å². The van der Waals surface area contributed by atoms with Crippen LogP contribution in [0.25, 0.3) is 11.0 Å². The third-order valence-electron chi connectivity index (χ3n) is 4.55. The van der Waals surface area contributed by atoms with Gasteiger partial charge in [0.2, 0.25) is 0 Å². The molecule has 118 valence electrons. The first-order valence-corrected chi connectivity index (χ1v) is 8.32. The summed E-state index contributed by atoms with van der Waals surface area (Å²) in [4.78, 5) is 0. The fraction of sp³-hybridized carbons (Fsp3) is 0.130. The first-order chi connectivity index (χ1) is 11.7. The minimum Gasteiger partial charge on any atom is -0.460 e. The maximum Gasteiger partial charge on any atom is 0.134 e. The molecule has 1 heteroatoms. The highest BCUT2D eigenvalue weighted by atomic mass is 16.3. The molecule has 1 heterocycles. The Morgan fingerprint density at radius 1 is 0.667 bits per heavy atom. The van der Waals surface area contributed by atoms with Gasteiger partial charge in [0.25, 0.3) is 0 Å². The molecule has 4 aromatic rings. The van der Waals surface area contributed by atoms with E-state index in [-0.39, 0.29) is 5.92 Å². The Hall–Kier alpha value is -2.80. The minimum atomic E-state index is 0.110. The van der Waals surface area contributed by atoms with Crippen molar-refractivity contribution in [2.75, 3.05) is 0 Å². The molecule has 0 saturated carbocycles. The number of furan rings is 1. The number of para-hydroxylation sites is 1. The molecular formula is C23H20O. The predicted molar refractivity (Wildman–Crippen MR) is 99.5 cm³/mol. The molecule has 0 saturated heterocycles. The van der Waals surface area contributed by atoms with Gasteiger partial charge in [-0.05, 0) is 37.1 Å². The first kappa shape index (κ1) is 14.8. The van der Waals surface area contributed by atoms with Gasteiger partial charge < -0.3 is 4.42 Å². The summed E-state index contributed by atoms with van der Waals surface area (Å²) in [5.74, 6) is 1.10. The van der Waals surface area contributed by atoms with Crippen LogP contribution >= 0.6 is 0 Å². The molecule has 4 rings (SSSR count). The van der Waals surface area contributed by atoms with E-state index in [1.54, 1.807) is 0 Å². The molecular weight excluding hydrogens is 292 g/mol. The van der Waals surface area contributed by atoms with E-state index in [4.69, 9.17) is 4.42 Å². The van der Waals surface area contributed by atoms with E-state index >= 15 is 0 Å². The molecule has 0 bridgehead atoms. The fourth-order valence-corrected chi connectivity index (χ4v) is 3.18. The van der Waals surface area contributed by atoms with Gasteiger partial charge >= 0.3 is 0 Å². The molecule has 0 unspecified atom stereocenters. The van der Waals surface area contributed by atoms with Crippen LogP contribution in [0.1, 0.15) is 33.9 Å². The minimum absolute atomic E-state index is 0.110. The second-order valence-corrected chi connectivity index (χ2v) is 6.44. The van der Waals surface area contributed by atoms with Crippen LogP contribution in [0.4, 0.5) is 0 Å². The highest BCUT2D eigenvalue weighted by Gasteiger charge is 2.20. The van der Waals surface area contributed by atoms with Crippen molar-refractivity contribution in [3.8, 4) is 0 Å². The topological polar surface area (TPSA) is 13.1 Å². The lowest BCUT2D eigenvalue weighted by molar-refractivity contribution is 0.541. The van der Waals surface area contributed by atoms with Crippen LogP contribution in [0.3, 0.4) is 0 Å². The Balaban J connectivity index is 1.88. The van der Waals surface area contributed by atoms with Gasteiger partial charge in [-0.3, -0.25) is 0 Å². The summed E-state index contributed by atoms with van der Waals surface area (Å²) in [5.41, 5.74) is 5.99. The predicted octanol–water partition coefficient (Wildman–Crippen LogP) is 6.23. The van der Waals surface area contributed by atoms with Gasteiger partial charge in [0.15, 0.2) is 0 Å². The van der Waals surface area contributed by atoms with Crippen LogP contribution in [-0.2, 0) is 0 Å². The molecule has 24 heavy (non-hydrogen) atoms. The number of hydrogen-bond acceptors (Lipinski definition) is 1. The zero-order chi connectivity index (χ0) is 16.5. The van der Waals surface area contributed by atoms with Gasteiger partial charge in [-0.2, -0.15) is 0 Å². The van der Waals surface area contributed by atoms with E-state index in [0.29, 0.717) is 0 Å². The van der Waals surface area contributed by atoms with Crippen LogP contribution in [0.2, 0.25) is 0 Å². The molecule has 0 amide bonds. The summed E-state index contributed by atoms with van der Waals surface area (Å²) < 4.78 is 6.20. The lowest BCUT2D eigenvalue weighted by atomic mass is 9.88. The fourth-order valence-electron chi connectivity index (χ4n) is 3.18. The Morgan fingerprint density at radius 2 is 1.21 bits per heavy atom. The summed E-state index contributed by atoms with van der Waals surface area (Å²) in [6.45, 7) is 4.23. The van der Waals surface area contributed by atoms with E-state index in [0.717, 1.165) is 16.7 Å². The Bertz CT molecular complexity index is 881. The van der Waals surface area contributed by atoms with Crippen molar-refractivity contribution >= 4 is 11.0 Å². The molecule has 0 spiro atoms. The number of fused-ring (bicyclic) bond motifs is 1. The SMILES string of the molecule is Cc1ccc(C(c2ccc(C)cc2)c2cc3ccccc3o2)cc1. The molecule has 3 aromatic carbocycles. The first-order valence-electron chi connectivity index (χ1n) is 8.32. The van der Waals surface area contributed by atoms with E-state index in [1.165, 1.54) is 22.3 Å². The summed E-state index contributed by atoms with van der Waals surface area (Å²) >= 11 is 0. The van der Waals surface area contributed by atoms with Gasteiger partial charge in [-0.15, -0.1) is 0 Å². The van der Waals surface area contributed by atoms with Crippen molar-refractivity contribution in [3.63, 3.8) is 0 Å². The molecule has 0 aliphatic rings. The largest absolute Gasteiger partial charge is 0.460 e. The monoisotopic (exact) mass is 312 g/mol. The number of benzene rings is 3. The summed E-state index contributed by atoms with van der Waals surface area (Å²) in [6, 6.07) is 27.8. The average molecular weight is 312 g/mol. The third kappa shape index (κ3) is 2.74. The Kier molecular flexibility index (Phi) is 3.70. The summed E-state index contributed by atoms with van der Waals surface area (Å²) in [6.07, 6.45) is 0. The quantitative estimate of drug-likeness (QED) is 0.437. The van der Waals surface area contributed by atoms with E-state index in [2.05, 4.69) is 74.5 Å². The second-order valence-electron chi connectivity index (χ2n) is 6.44. The normalized spacial score (nSPS) is 11.3. The van der Waals surface area contributed by atoms with Gasteiger partial charge in [-0.1, -0.05) is 77.9 Å². The lowest BCUT2D eigenvalue weighted by Crippen LogP contribution is -2.02. The van der Waals surface area contributed by atoms with Crippen molar-refractivity contribution < 1.29 is 4.42 Å². The third-order valence-corrected chi connectivity index (χ3v) is 4.55. The number of aryl methyl sites for hydroxylation is 2. The molecule has 0 N–H and O–H groups in total. The second kappa shape index (κ2) is 6.01. The average Bonchev–Trinajstić information content (AvgIpc) is 3.02. The van der Waals surface area contributed by atoms with Crippen molar-refractivity contribution in [3.05, 3.63) is 107 Å². The van der Waals surface area contributed by atoms with Crippen molar-refractivity contribution in [1.29, 1.82) is 0 Å². The summed E-state index contributed by atoms with van der Waals surface area (Å²) in [5, 5.41) is 1.15. The van der Waals surface area contributed by atoms with Gasteiger partial charge in [0.05, 0.1) is 5.92 Å². The van der Waals surface area contributed by atoms with E-state index < -0.39 is 0 Å². The Labute approximate surface area is 142 Å². The number of rotatable bonds is 3. The van der Waals surface area contributed by atoms with Crippen molar-refractivity contribution in [2.24, 2.45) is 0 Å². The molecule has 0 radical (unpaired) electrons. The smallest absolute Gasteiger partial charge is 0.134 e. The van der Waals surface area contributed by atoms with E-state index in [1.807, 2.05) is 18.2 Å². The summed E-state index contributed by atoms with van der Waals surface area (Å²) in [7, 11) is 0. The molecule has 0 fully saturated rings. The molecule has 1 aromatic heterocycles.